The minimum absolute atomic E-state index is 0.0619. The molecule has 0 radical (unpaired) electrons. The molecular weight excluding hydrogens is 290 g/mol. The Hall–Kier alpha value is -0.930. The van der Waals surface area contributed by atoms with Gasteiger partial charge in [0, 0.05) is 5.75 Å². The highest BCUT2D eigenvalue weighted by molar-refractivity contribution is 7.98. The lowest BCUT2D eigenvalue weighted by atomic mass is 10.2. The Balaban J connectivity index is 4.50. The lowest BCUT2D eigenvalue weighted by Gasteiger charge is -2.19. The summed E-state index contributed by atoms with van der Waals surface area (Å²) in [6.07, 6.45) is 2.16. The van der Waals surface area contributed by atoms with Crippen molar-refractivity contribution in [2.45, 2.75) is 18.5 Å². The summed E-state index contributed by atoms with van der Waals surface area (Å²) in [5.74, 6) is -1.51. The van der Waals surface area contributed by atoms with E-state index in [1.54, 1.807) is 0 Å². The van der Waals surface area contributed by atoms with E-state index in [1.165, 1.54) is 11.8 Å². The maximum atomic E-state index is 11.8. The van der Waals surface area contributed by atoms with Crippen molar-refractivity contribution < 1.29 is 19.5 Å². The molecule has 0 saturated carbocycles. The van der Waals surface area contributed by atoms with Crippen molar-refractivity contribution in [2.75, 3.05) is 24.3 Å². The van der Waals surface area contributed by atoms with E-state index in [0.29, 0.717) is 12.2 Å². The second kappa shape index (κ2) is 9.93. The van der Waals surface area contributed by atoms with E-state index in [9.17, 15) is 14.4 Å². The minimum Gasteiger partial charge on any atom is -0.480 e. The third kappa shape index (κ3) is 7.28. The number of aliphatic carboxylic acids is 1. The normalized spacial score (nSPS) is 13.4. The van der Waals surface area contributed by atoms with E-state index in [0.717, 1.165) is 0 Å². The number of thioether (sulfide) groups is 1. The molecular formula is C10H19N3O4S2. The molecule has 110 valence electrons. The zero-order valence-corrected chi connectivity index (χ0v) is 12.3. The first-order valence-electron chi connectivity index (χ1n) is 5.58. The molecule has 9 heteroatoms. The van der Waals surface area contributed by atoms with Crippen LogP contribution in [0.25, 0.3) is 0 Å². The largest absolute Gasteiger partial charge is 0.480 e. The van der Waals surface area contributed by atoms with Crippen molar-refractivity contribution >= 4 is 42.2 Å². The average molecular weight is 309 g/mol. The summed E-state index contributed by atoms with van der Waals surface area (Å²) in [6.45, 7) is -0.244. The standard InChI is InChI=1S/C10H19N3O4S2/c1-19-3-2-6(10(16)17)13-9(15)7(5-18)12-8(14)4-11/h6-7,18H,2-5,11H2,1H3,(H,12,14)(H,13,15)(H,16,17)/t6-,7-/m0/s1. The summed E-state index contributed by atoms with van der Waals surface area (Å²) in [7, 11) is 0. The first-order chi connectivity index (χ1) is 8.96. The number of nitrogens with two attached hydrogens (primary N) is 1. The molecule has 2 atom stereocenters. The van der Waals surface area contributed by atoms with Crippen LogP contribution >= 0.6 is 24.4 Å². The highest BCUT2D eigenvalue weighted by atomic mass is 32.2. The van der Waals surface area contributed by atoms with Crippen molar-refractivity contribution in [1.29, 1.82) is 0 Å². The fraction of sp³-hybridized carbons (Fsp3) is 0.700. The Bertz CT molecular complexity index is 328. The van der Waals surface area contributed by atoms with Crippen molar-refractivity contribution in [3.8, 4) is 0 Å². The van der Waals surface area contributed by atoms with Crippen molar-refractivity contribution in [2.24, 2.45) is 5.73 Å². The van der Waals surface area contributed by atoms with Gasteiger partial charge >= 0.3 is 5.97 Å². The average Bonchev–Trinajstić information content (AvgIpc) is 2.39. The maximum Gasteiger partial charge on any atom is 0.326 e. The van der Waals surface area contributed by atoms with Crippen LogP contribution in [0.15, 0.2) is 0 Å². The molecule has 0 aromatic rings. The van der Waals surface area contributed by atoms with Gasteiger partial charge in [-0.3, -0.25) is 9.59 Å². The fourth-order valence-electron chi connectivity index (χ4n) is 1.21. The smallest absolute Gasteiger partial charge is 0.326 e. The van der Waals surface area contributed by atoms with Gasteiger partial charge in [-0.2, -0.15) is 24.4 Å². The molecule has 0 aliphatic carbocycles. The van der Waals surface area contributed by atoms with Gasteiger partial charge in [0.1, 0.15) is 12.1 Å². The molecule has 0 spiro atoms. The summed E-state index contributed by atoms with van der Waals surface area (Å²) in [5.41, 5.74) is 5.12. The molecule has 0 fully saturated rings. The molecule has 0 aliphatic heterocycles. The van der Waals surface area contributed by atoms with E-state index in [1.807, 2.05) is 6.26 Å². The molecule has 0 aromatic heterocycles. The highest BCUT2D eigenvalue weighted by Crippen LogP contribution is 2.02. The van der Waals surface area contributed by atoms with Crippen LogP contribution in [0.2, 0.25) is 0 Å². The summed E-state index contributed by atoms with van der Waals surface area (Å²) in [4.78, 5) is 33.9. The summed E-state index contributed by atoms with van der Waals surface area (Å²) < 4.78 is 0. The topological polar surface area (TPSA) is 122 Å². The van der Waals surface area contributed by atoms with Crippen LogP contribution < -0.4 is 16.4 Å². The molecule has 2 amide bonds. The lowest BCUT2D eigenvalue weighted by molar-refractivity contribution is -0.142. The molecule has 0 bridgehead atoms. The Morgan fingerprint density at radius 1 is 1.32 bits per heavy atom. The lowest BCUT2D eigenvalue weighted by Crippen LogP contribution is -2.53. The monoisotopic (exact) mass is 309 g/mol. The number of thiol groups is 1. The number of carboxylic acid groups (broad SMARTS) is 1. The second-order valence-corrected chi connectivity index (χ2v) is 5.04. The number of hydrogen-bond acceptors (Lipinski definition) is 6. The van der Waals surface area contributed by atoms with Crippen LogP contribution in [0.1, 0.15) is 6.42 Å². The Labute approximate surface area is 121 Å². The number of hydrogen-bond donors (Lipinski definition) is 5. The van der Waals surface area contributed by atoms with Crippen molar-refractivity contribution in [3.63, 3.8) is 0 Å². The molecule has 0 unspecified atom stereocenters. The summed E-state index contributed by atoms with van der Waals surface area (Å²) in [5, 5.41) is 13.7. The van der Waals surface area contributed by atoms with Gasteiger partial charge in [-0.1, -0.05) is 0 Å². The number of amides is 2. The number of nitrogens with one attached hydrogen (secondary N) is 2. The van der Waals surface area contributed by atoms with Crippen molar-refractivity contribution in [1.82, 2.24) is 10.6 Å². The third-order valence-corrected chi connectivity index (χ3v) is 3.25. The van der Waals surface area contributed by atoms with E-state index < -0.39 is 29.9 Å². The van der Waals surface area contributed by atoms with Gasteiger partial charge in [0.25, 0.3) is 0 Å². The summed E-state index contributed by atoms with van der Waals surface area (Å²) in [6, 6.07) is -1.87. The molecule has 7 nitrogen and oxygen atoms in total. The van der Waals surface area contributed by atoms with Gasteiger partial charge < -0.3 is 21.5 Å². The van der Waals surface area contributed by atoms with Gasteiger partial charge in [0.05, 0.1) is 6.54 Å². The number of carboxylic acids is 1. The molecule has 5 N–H and O–H groups in total. The van der Waals surface area contributed by atoms with Gasteiger partial charge in [-0.25, -0.2) is 4.79 Å². The molecule has 0 heterocycles. The first-order valence-corrected chi connectivity index (χ1v) is 7.61. The van der Waals surface area contributed by atoms with Crippen LogP contribution in [0.4, 0.5) is 0 Å². The zero-order valence-electron chi connectivity index (χ0n) is 10.6. The van der Waals surface area contributed by atoms with E-state index in [4.69, 9.17) is 10.8 Å². The van der Waals surface area contributed by atoms with Crippen LogP contribution in [0.3, 0.4) is 0 Å². The van der Waals surface area contributed by atoms with Crippen LogP contribution in [-0.4, -0.2) is 59.3 Å². The Morgan fingerprint density at radius 2 is 1.95 bits per heavy atom. The SMILES string of the molecule is CSCC[C@H](NC(=O)[C@H](CS)NC(=O)CN)C(=O)O. The Morgan fingerprint density at radius 3 is 2.37 bits per heavy atom. The minimum atomic E-state index is -1.11. The van der Waals surface area contributed by atoms with E-state index >= 15 is 0 Å². The highest BCUT2D eigenvalue weighted by Gasteiger charge is 2.25. The van der Waals surface area contributed by atoms with E-state index in [2.05, 4.69) is 23.3 Å². The van der Waals surface area contributed by atoms with Crippen LogP contribution in [0, 0.1) is 0 Å². The number of rotatable bonds is 9. The molecule has 0 aromatic carbocycles. The van der Waals surface area contributed by atoms with E-state index in [-0.39, 0.29) is 12.3 Å². The predicted octanol–water partition coefficient (Wildman–Crippen LogP) is -1.32. The van der Waals surface area contributed by atoms with Crippen LogP contribution in [-0.2, 0) is 14.4 Å². The fourth-order valence-corrected chi connectivity index (χ4v) is 1.94. The molecule has 0 aliphatic rings. The maximum absolute atomic E-state index is 11.8. The van der Waals surface area contributed by atoms with Gasteiger partial charge in [-0.15, -0.1) is 0 Å². The predicted molar refractivity (Wildman–Crippen MR) is 77.4 cm³/mol. The second-order valence-electron chi connectivity index (χ2n) is 3.69. The van der Waals surface area contributed by atoms with Crippen molar-refractivity contribution in [3.05, 3.63) is 0 Å². The quantitative estimate of drug-likeness (QED) is 0.337. The van der Waals surface area contributed by atoms with Gasteiger partial charge in [0.15, 0.2) is 0 Å². The third-order valence-electron chi connectivity index (χ3n) is 2.24. The molecule has 0 saturated heterocycles. The zero-order chi connectivity index (χ0) is 14.8. The molecule has 19 heavy (non-hydrogen) atoms. The van der Waals surface area contributed by atoms with Gasteiger partial charge in [-0.05, 0) is 18.4 Å². The van der Waals surface area contributed by atoms with Crippen LogP contribution in [0.5, 0.6) is 0 Å². The Kier molecular flexibility index (Phi) is 9.44. The first kappa shape index (κ1) is 18.1. The number of carbonyl (C=O) groups is 3. The molecule has 0 rings (SSSR count). The van der Waals surface area contributed by atoms with Gasteiger partial charge in [0.2, 0.25) is 11.8 Å². The number of carbonyl (C=O) groups excluding carboxylic acids is 2. The summed E-state index contributed by atoms with van der Waals surface area (Å²) >= 11 is 5.43.